The number of hydrogen-bond donors (Lipinski definition) is 1. The highest BCUT2D eigenvalue weighted by Crippen LogP contribution is 2.38. The SMILES string of the molecule is Cc1c(C(=O)Nc2cc(C(F)(F)F)cc(C(F)(F)F)c2)sc2nc3n(c(=O)c12)CCCCC3. The Morgan fingerprint density at radius 1 is 1.03 bits per heavy atom. The predicted molar refractivity (Wildman–Crippen MR) is 111 cm³/mol. The maximum Gasteiger partial charge on any atom is 0.416 e. The summed E-state index contributed by atoms with van der Waals surface area (Å²) in [4.78, 5) is 30.6. The van der Waals surface area contributed by atoms with Crippen LogP contribution >= 0.6 is 11.3 Å². The summed E-state index contributed by atoms with van der Waals surface area (Å²) < 4.78 is 80.2. The molecule has 0 bridgehead atoms. The molecule has 5 nitrogen and oxygen atoms in total. The second kappa shape index (κ2) is 8.15. The number of alkyl halides is 6. The fourth-order valence-corrected chi connectivity index (χ4v) is 4.93. The van der Waals surface area contributed by atoms with Crippen molar-refractivity contribution >= 4 is 33.1 Å². The topological polar surface area (TPSA) is 64.0 Å². The molecule has 1 N–H and O–H groups in total. The molecule has 1 amide bonds. The van der Waals surface area contributed by atoms with Crippen LogP contribution in [0, 0.1) is 6.92 Å². The number of nitrogens with zero attached hydrogens (tertiary/aromatic N) is 2. The van der Waals surface area contributed by atoms with Gasteiger partial charge in [-0.3, -0.25) is 14.2 Å². The average Bonchev–Trinajstić information content (AvgIpc) is 2.88. The van der Waals surface area contributed by atoms with E-state index in [1.54, 1.807) is 4.57 Å². The van der Waals surface area contributed by atoms with Crippen LogP contribution in [0.1, 0.15) is 51.4 Å². The molecule has 1 aliphatic rings. The van der Waals surface area contributed by atoms with Crippen LogP contribution < -0.4 is 10.9 Å². The Hall–Kier alpha value is -2.89. The Kier molecular flexibility index (Phi) is 5.75. The van der Waals surface area contributed by atoms with E-state index < -0.39 is 35.1 Å². The van der Waals surface area contributed by atoms with Crippen LogP contribution in [-0.4, -0.2) is 15.5 Å². The molecular formula is C21H17F6N3O2S. The first-order chi connectivity index (χ1) is 15.4. The van der Waals surface area contributed by atoms with Gasteiger partial charge in [-0.2, -0.15) is 26.3 Å². The molecule has 0 atom stereocenters. The minimum atomic E-state index is -5.04. The first-order valence-corrected chi connectivity index (χ1v) is 10.8. The van der Waals surface area contributed by atoms with E-state index >= 15 is 0 Å². The van der Waals surface area contributed by atoms with Gasteiger partial charge >= 0.3 is 12.4 Å². The smallest absolute Gasteiger partial charge is 0.321 e. The molecule has 1 aromatic carbocycles. The summed E-state index contributed by atoms with van der Waals surface area (Å²) in [6, 6.07) is 0.856. The van der Waals surface area contributed by atoms with E-state index in [0.717, 1.165) is 30.6 Å². The summed E-state index contributed by atoms with van der Waals surface area (Å²) in [6.07, 6.45) is -6.83. The van der Waals surface area contributed by atoms with Crippen molar-refractivity contribution in [3.63, 3.8) is 0 Å². The van der Waals surface area contributed by atoms with Gasteiger partial charge in [0, 0.05) is 18.7 Å². The summed E-state index contributed by atoms with van der Waals surface area (Å²) >= 11 is 0.884. The van der Waals surface area contributed by atoms with E-state index in [0.29, 0.717) is 35.8 Å². The minimum absolute atomic E-state index is 0.00123. The lowest BCUT2D eigenvalue weighted by atomic mass is 10.1. The molecule has 0 unspecified atom stereocenters. The van der Waals surface area contributed by atoms with Crippen LogP contribution in [0.5, 0.6) is 0 Å². The van der Waals surface area contributed by atoms with Crippen molar-refractivity contribution < 1.29 is 31.1 Å². The monoisotopic (exact) mass is 489 g/mol. The second-order valence-electron chi connectivity index (χ2n) is 7.78. The van der Waals surface area contributed by atoms with Crippen LogP contribution in [0.2, 0.25) is 0 Å². The van der Waals surface area contributed by atoms with Crippen molar-refractivity contribution in [2.45, 2.75) is 51.5 Å². The molecule has 0 saturated carbocycles. The van der Waals surface area contributed by atoms with Crippen molar-refractivity contribution in [3.05, 3.63) is 55.9 Å². The number of thiophene rings is 1. The number of carbonyl (C=O) groups excluding carboxylic acids is 1. The molecule has 3 heterocycles. The van der Waals surface area contributed by atoms with Crippen LogP contribution in [0.25, 0.3) is 10.2 Å². The Morgan fingerprint density at radius 2 is 1.67 bits per heavy atom. The molecule has 33 heavy (non-hydrogen) atoms. The van der Waals surface area contributed by atoms with Gasteiger partial charge in [0.15, 0.2) is 0 Å². The zero-order valence-electron chi connectivity index (χ0n) is 17.2. The number of carbonyl (C=O) groups is 1. The number of aromatic nitrogens is 2. The number of hydrogen-bond acceptors (Lipinski definition) is 4. The van der Waals surface area contributed by atoms with Gasteiger partial charge < -0.3 is 5.32 Å². The molecule has 0 spiro atoms. The lowest BCUT2D eigenvalue weighted by molar-refractivity contribution is -0.143. The third-order valence-electron chi connectivity index (χ3n) is 5.46. The van der Waals surface area contributed by atoms with Crippen molar-refractivity contribution in [1.82, 2.24) is 9.55 Å². The number of aryl methyl sites for hydroxylation is 2. The van der Waals surface area contributed by atoms with Crippen LogP contribution in [0.3, 0.4) is 0 Å². The first kappa shape index (κ1) is 23.3. The molecule has 0 saturated heterocycles. The maximum atomic E-state index is 13.1. The van der Waals surface area contributed by atoms with Gasteiger partial charge in [0.2, 0.25) is 0 Å². The van der Waals surface area contributed by atoms with Gasteiger partial charge in [-0.25, -0.2) is 4.98 Å². The van der Waals surface area contributed by atoms with Gasteiger partial charge in [-0.15, -0.1) is 11.3 Å². The van der Waals surface area contributed by atoms with Crippen molar-refractivity contribution in [1.29, 1.82) is 0 Å². The lowest BCUT2D eigenvalue weighted by Gasteiger charge is -2.14. The van der Waals surface area contributed by atoms with E-state index in [4.69, 9.17) is 0 Å². The summed E-state index contributed by atoms with van der Waals surface area (Å²) in [7, 11) is 0. The molecule has 0 radical (unpaired) electrons. The Balaban J connectivity index is 1.75. The van der Waals surface area contributed by atoms with Gasteiger partial charge in [0.25, 0.3) is 11.5 Å². The van der Waals surface area contributed by atoms with E-state index in [9.17, 15) is 35.9 Å². The maximum absolute atomic E-state index is 13.1. The van der Waals surface area contributed by atoms with Gasteiger partial charge in [-0.05, 0) is 43.5 Å². The fourth-order valence-electron chi connectivity index (χ4n) is 3.84. The molecular weight excluding hydrogens is 472 g/mol. The third kappa shape index (κ3) is 4.48. The fraction of sp³-hybridized carbons (Fsp3) is 0.381. The third-order valence-corrected chi connectivity index (χ3v) is 6.65. The minimum Gasteiger partial charge on any atom is -0.321 e. The molecule has 176 valence electrons. The van der Waals surface area contributed by atoms with Crippen LogP contribution in [0.15, 0.2) is 23.0 Å². The number of rotatable bonds is 2. The van der Waals surface area contributed by atoms with Crippen molar-refractivity contribution in [3.8, 4) is 0 Å². The van der Waals surface area contributed by atoms with E-state index in [2.05, 4.69) is 10.3 Å². The molecule has 0 aliphatic carbocycles. The molecule has 0 fully saturated rings. The summed E-state index contributed by atoms with van der Waals surface area (Å²) in [5, 5.41) is 2.35. The van der Waals surface area contributed by atoms with E-state index in [-0.39, 0.29) is 27.5 Å². The standard InChI is InChI=1S/C21H17F6N3O2S/c1-10-15-18(29-14-5-3-2-4-6-30(14)19(15)32)33-16(10)17(31)28-13-8-11(20(22,23)24)7-12(9-13)21(25,26)27/h7-9H,2-6H2,1H3,(H,28,31). The molecule has 4 rings (SSSR count). The van der Waals surface area contributed by atoms with Gasteiger partial charge in [-0.1, -0.05) is 6.42 Å². The van der Waals surface area contributed by atoms with Gasteiger partial charge in [0.1, 0.15) is 10.7 Å². The first-order valence-electron chi connectivity index (χ1n) is 10.00. The second-order valence-corrected chi connectivity index (χ2v) is 8.78. The summed E-state index contributed by atoms with van der Waals surface area (Å²) in [5.41, 5.74) is -3.75. The number of anilines is 1. The average molecular weight is 489 g/mol. The molecule has 1 aliphatic heterocycles. The van der Waals surface area contributed by atoms with Crippen LogP contribution in [-0.2, 0) is 25.3 Å². The van der Waals surface area contributed by atoms with Crippen molar-refractivity contribution in [2.75, 3.05) is 5.32 Å². The Labute approximate surface area is 187 Å². The van der Waals surface area contributed by atoms with Crippen LogP contribution in [0.4, 0.5) is 32.0 Å². The highest BCUT2D eigenvalue weighted by Gasteiger charge is 2.37. The van der Waals surface area contributed by atoms with Gasteiger partial charge in [0.05, 0.1) is 21.4 Å². The number of benzene rings is 1. The zero-order valence-corrected chi connectivity index (χ0v) is 18.0. The largest absolute Gasteiger partial charge is 0.416 e. The quantitative estimate of drug-likeness (QED) is 0.464. The Bertz CT molecular complexity index is 1270. The molecule has 12 heteroatoms. The predicted octanol–water partition coefficient (Wildman–Crippen LogP) is 5.78. The lowest BCUT2D eigenvalue weighted by Crippen LogP contribution is -2.24. The summed E-state index contributed by atoms with van der Waals surface area (Å²) in [5.74, 6) is -0.312. The normalized spacial score (nSPS) is 14.8. The number of nitrogens with one attached hydrogen (secondary N) is 1. The molecule has 2 aromatic heterocycles. The van der Waals surface area contributed by atoms with E-state index in [1.807, 2.05) is 0 Å². The number of fused-ring (bicyclic) bond motifs is 2. The summed E-state index contributed by atoms with van der Waals surface area (Å²) in [6.45, 7) is 2.01. The Morgan fingerprint density at radius 3 is 2.27 bits per heavy atom. The molecule has 3 aromatic rings. The zero-order chi connectivity index (χ0) is 24.1. The number of amides is 1. The highest BCUT2D eigenvalue weighted by molar-refractivity contribution is 7.20. The highest BCUT2D eigenvalue weighted by atomic mass is 32.1. The van der Waals surface area contributed by atoms with E-state index in [1.165, 1.54) is 6.92 Å². The van der Waals surface area contributed by atoms with Crippen molar-refractivity contribution in [2.24, 2.45) is 0 Å². The number of halogens is 6.